The zero-order valence-electron chi connectivity index (χ0n) is 9.89. The Morgan fingerprint density at radius 1 is 1.06 bits per heavy atom. The first kappa shape index (κ1) is 11.6. The Labute approximate surface area is 101 Å². The summed E-state index contributed by atoms with van der Waals surface area (Å²) < 4.78 is 5.63. The molecule has 2 rings (SSSR count). The maximum absolute atomic E-state index is 5.63. The third kappa shape index (κ3) is 3.04. The van der Waals surface area contributed by atoms with E-state index in [1.165, 1.54) is 5.56 Å². The molecule has 0 radical (unpaired) electrons. The average molecular weight is 228 g/mol. The van der Waals surface area contributed by atoms with E-state index >= 15 is 0 Å². The molecule has 0 saturated carbocycles. The predicted molar refractivity (Wildman–Crippen MR) is 68.0 cm³/mol. The highest BCUT2D eigenvalue weighted by Crippen LogP contribution is 2.19. The first-order valence-corrected chi connectivity index (χ1v) is 5.73. The quantitative estimate of drug-likeness (QED) is 0.875. The van der Waals surface area contributed by atoms with Crippen molar-refractivity contribution < 1.29 is 4.74 Å². The van der Waals surface area contributed by atoms with E-state index in [4.69, 9.17) is 10.5 Å². The second kappa shape index (κ2) is 5.46. The summed E-state index contributed by atoms with van der Waals surface area (Å²) in [6, 6.07) is 11.8. The molecule has 0 fully saturated rings. The highest BCUT2D eigenvalue weighted by molar-refractivity contribution is 5.30. The number of aromatic nitrogens is 1. The molecule has 0 aliphatic heterocycles. The van der Waals surface area contributed by atoms with Gasteiger partial charge in [-0.05, 0) is 29.7 Å². The number of hydrogen-bond donors (Lipinski definition) is 1. The Kier molecular flexibility index (Phi) is 3.73. The molecule has 0 amide bonds. The van der Waals surface area contributed by atoms with Crippen molar-refractivity contribution in [3.8, 4) is 11.6 Å². The second-order valence-electron chi connectivity index (χ2n) is 3.81. The average Bonchev–Trinajstić information content (AvgIpc) is 2.40. The largest absolute Gasteiger partial charge is 0.439 e. The molecule has 1 aromatic carbocycles. The van der Waals surface area contributed by atoms with Gasteiger partial charge in [0.1, 0.15) is 5.75 Å². The molecule has 3 heteroatoms. The van der Waals surface area contributed by atoms with Crippen LogP contribution in [0, 0.1) is 0 Å². The summed E-state index contributed by atoms with van der Waals surface area (Å²) >= 11 is 0. The van der Waals surface area contributed by atoms with Crippen LogP contribution in [0.3, 0.4) is 0 Å². The maximum atomic E-state index is 5.63. The smallest absolute Gasteiger partial charge is 0.219 e. The fourth-order valence-electron chi connectivity index (χ4n) is 1.51. The lowest BCUT2D eigenvalue weighted by molar-refractivity contribution is 0.462. The zero-order chi connectivity index (χ0) is 12.1. The Hall–Kier alpha value is -1.87. The third-order valence-corrected chi connectivity index (χ3v) is 2.59. The van der Waals surface area contributed by atoms with E-state index in [0.717, 1.165) is 17.7 Å². The minimum atomic E-state index is 0.498. The van der Waals surface area contributed by atoms with Gasteiger partial charge in [0, 0.05) is 18.8 Å². The summed E-state index contributed by atoms with van der Waals surface area (Å²) in [6.07, 6.45) is 2.76. The number of nitrogens with two attached hydrogens (primary N) is 1. The predicted octanol–water partition coefficient (Wildman–Crippen LogP) is 2.90. The van der Waals surface area contributed by atoms with Gasteiger partial charge in [-0.15, -0.1) is 0 Å². The number of rotatable bonds is 4. The number of pyridine rings is 1. The lowest BCUT2D eigenvalue weighted by atomic mass is 10.2. The van der Waals surface area contributed by atoms with Crippen LogP contribution in [0.25, 0.3) is 0 Å². The minimum absolute atomic E-state index is 0.498. The molecule has 2 aromatic rings. The molecule has 0 atom stereocenters. The fraction of sp³-hybridized carbons (Fsp3) is 0.214. The Balaban J connectivity index is 2.08. The molecule has 17 heavy (non-hydrogen) atoms. The first-order chi connectivity index (χ1) is 8.31. The minimum Gasteiger partial charge on any atom is -0.439 e. The van der Waals surface area contributed by atoms with Crippen LogP contribution in [0.4, 0.5) is 0 Å². The van der Waals surface area contributed by atoms with Gasteiger partial charge in [-0.1, -0.05) is 25.1 Å². The lowest BCUT2D eigenvalue weighted by Crippen LogP contribution is -1.97. The van der Waals surface area contributed by atoms with Crippen molar-refractivity contribution in [1.82, 2.24) is 4.98 Å². The molecule has 0 saturated heterocycles. The van der Waals surface area contributed by atoms with E-state index in [0.29, 0.717) is 12.4 Å². The van der Waals surface area contributed by atoms with E-state index in [-0.39, 0.29) is 0 Å². The third-order valence-electron chi connectivity index (χ3n) is 2.59. The van der Waals surface area contributed by atoms with E-state index in [9.17, 15) is 0 Å². The van der Waals surface area contributed by atoms with Gasteiger partial charge in [0.15, 0.2) is 0 Å². The standard InChI is InChI=1S/C14H16N2O/c1-2-11-3-6-13(7-4-11)17-14-8-5-12(9-15)10-16-14/h3-8,10H,2,9,15H2,1H3. The summed E-state index contributed by atoms with van der Waals surface area (Å²) in [6.45, 7) is 2.63. The van der Waals surface area contributed by atoms with Crippen molar-refractivity contribution >= 4 is 0 Å². The molecular formula is C14H16N2O. The number of ether oxygens (including phenoxy) is 1. The normalized spacial score (nSPS) is 10.2. The number of benzene rings is 1. The Bertz CT molecular complexity index is 417. The van der Waals surface area contributed by atoms with Crippen molar-refractivity contribution in [3.05, 3.63) is 53.7 Å². The highest BCUT2D eigenvalue weighted by atomic mass is 16.5. The van der Waals surface area contributed by atoms with Gasteiger partial charge in [-0.25, -0.2) is 4.98 Å². The second-order valence-corrected chi connectivity index (χ2v) is 3.81. The molecule has 1 aromatic heterocycles. The molecular weight excluding hydrogens is 212 g/mol. The molecule has 0 bridgehead atoms. The van der Waals surface area contributed by atoms with Crippen molar-refractivity contribution in [2.45, 2.75) is 19.9 Å². The van der Waals surface area contributed by atoms with Crippen LogP contribution in [0.15, 0.2) is 42.6 Å². The van der Waals surface area contributed by atoms with E-state index in [2.05, 4.69) is 24.0 Å². The summed E-state index contributed by atoms with van der Waals surface area (Å²) in [5.41, 5.74) is 7.80. The molecule has 1 heterocycles. The van der Waals surface area contributed by atoms with Crippen molar-refractivity contribution in [3.63, 3.8) is 0 Å². The summed E-state index contributed by atoms with van der Waals surface area (Å²) in [4.78, 5) is 4.19. The van der Waals surface area contributed by atoms with Gasteiger partial charge in [0.2, 0.25) is 5.88 Å². The lowest BCUT2D eigenvalue weighted by Gasteiger charge is -2.05. The highest BCUT2D eigenvalue weighted by Gasteiger charge is 1.98. The molecule has 2 N–H and O–H groups in total. The van der Waals surface area contributed by atoms with Gasteiger partial charge < -0.3 is 10.5 Å². The topological polar surface area (TPSA) is 48.1 Å². The van der Waals surface area contributed by atoms with E-state index in [1.54, 1.807) is 6.20 Å². The van der Waals surface area contributed by atoms with Gasteiger partial charge in [-0.3, -0.25) is 0 Å². The van der Waals surface area contributed by atoms with E-state index < -0.39 is 0 Å². The van der Waals surface area contributed by atoms with Crippen LogP contribution >= 0.6 is 0 Å². The Morgan fingerprint density at radius 3 is 2.29 bits per heavy atom. The molecule has 0 unspecified atom stereocenters. The van der Waals surface area contributed by atoms with Gasteiger partial charge in [-0.2, -0.15) is 0 Å². The van der Waals surface area contributed by atoms with Crippen LogP contribution < -0.4 is 10.5 Å². The number of aryl methyl sites for hydroxylation is 1. The van der Waals surface area contributed by atoms with Crippen molar-refractivity contribution in [1.29, 1.82) is 0 Å². The zero-order valence-corrected chi connectivity index (χ0v) is 9.89. The summed E-state index contributed by atoms with van der Waals surface area (Å²) in [7, 11) is 0. The molecule has 0 spiro atoms. The SMILES string of the molecule is CCc1ccc(Oc2ccc(CN)cn2)cc1. The van der Waals surface area contributed by atoms with Crippen LogP contribution in [-0.2, 0) is 13.0 Å². The monoisotopic (exact) mass is 228 g/mol. The van der Waals surface area contributed by atoms with Crippen molar-refractivity contribution in [2.24, 2.45) is 5.73 Å². The van der Waals surface area contributed by atoms with Crippen LogP contribution in [0.2, 0.25) is 0 Å². The van der Waals surface area contributed by atoms with Crippen LogP contribution in [-0.4, -0.2) is 4.98 Å². The van der Waals surface area contributed by atoms with Crippen LogP contribution in [0.5, 0.6) is 11.6 Å². The maximum Gasteiger partial charge on any atom is 0.219 e. The van der Waals surface area contributed by atoms with Crippen LogP contribution in [0.1, 0.15) is 18.1 Å². The number of nitrogens with zero attached hydrogens (tertiary/aromatic N) is 1. The van der Waals surface area contributed by atoms with Gasteiger partial charge >= 0.3 is 0 Å². The molecule has 3 nitrogen and oxygen atoms in total. The summed E-state index contributed by atoms with van der Waals surface area (Å²) in [5.74, 6) is 1.39. The van der Waals surface area contributed by atoms with Gasteiger partial charge in [0.25, 0.3) is 0 Å². The Morgan fingerprint density at radius 2 is 1.76 bits per heavy atom. The number of hydrogen-bond acceptors (Lipinski definition) is 3. The summed E-state index contributed by atoms with van der Waals surface area (Å²) in [5, 5.41) is 0. The first-order valence-electron chi connectivity index (χ1n) is 5.73. The van der Waals surface area contributed by atoms with Gasteiger partial charge in [0.05, 0.1) is 0 Å². The molecule has 88 valence electrons. The molecule has 0 aliphatic rings. The molecule has 0 aliphatic carbocycles. The van der Waals surface area contributed by atoms with E-state index in [1.807, 2.05) is 24.3 Å². The fourth-order valence-corrected chi connectivity index (χ4v) is 1.51. The van der Waals surface area contributed by atoms with Crippen molar-refractivity contribution in [2.75, 3.05) is 0 Å².